The number of alkyl halides is 3. The minimum absolute atomic E-state index is 0.0771. The quantitative estimate of drug-likeness (QED) is 0.373. The predicted molar refractivity (Wildman–Crippen MR) is 138 cm³/mol. The number of nitrogens with zero attached hydrogens (tertiary/aromatic N) is 2. The molecular formula is C24H28Cl2F3N3O4S. The van der Waals surface area contributed by atoms with Gasteiger partial charge in [0, 0.05) is 18.1 Å². The van der Waals surface area contributed by atoms with E-state index in [0.29, 0.717) is 33.6 Å². The minimum Gasteiger partial charge on any atom is -0.354 e. The molecule has 2 aromatic rings. The molecule has 2 aromatic carbocycles. The van der Waals surface area contributed by atoms with Gasteiger partial charge in [0.1, 0.15) is 12.6 Å². The van der Waals surface area contributed by atoms with Gasteiger partial charge in [0.2, 0.25) is 21.8 Å². The molecule has 0 heterocycles. The van der Waals surface area contributed by atoms with E-state index in [4.69, 9.17) is 23.2 Å². The fourth-order valence-corrected chi connectivity index (χ4v) is 4.63. The van der Waals surface area contributed by atoms with Gasteiger partial charge in [-0.15, -0.1) is 0 Å². The summed E-state index contributed by atoms with van der Waals surface area (Å²) in [5.41, 5.74) is -1.03. The van der Waals surface area contributed by atoms with Gasteiger partial charge in [-0.05, 0) is 49.2 Å². The average molecular weight is 582 g/mol. The monoisotopic (exact) mass is 581 g/mol. The van der Waals surface area contributed by atoms with E-state index < -0.39 is 51.9 Å². The lowest BCUT2D eigenvalue weighted by Crippen LogP contribution is -2.51. The number of hydrogen-bond donors (Lipinski definition) is 1. The number of anilines is 1. The van der Waals surface area contributed by atoms with Crippen LogP contribution < -0.4 is 9.62 Å². The molecule has 7 nitrogen and oxygen atoms in total. The summed E-state index contributed by atoms with van der Waals surface area (Å²) in [5.74, 6) is -1.27. The molecule has 0 aliphatic heterocycles. The number of halogens is 5. The molecule has 2 amide bonds. The average Bonchev–Trinajstić information content (AvgIpc) is 2.80. The van der Waals surface area contributed by atoms with E-state index in [1.807, 2.05) is 6.92 Å². The highest BCUT2D eigenvalue weighted by Gasteiger charge is 2.34. The van der Waals surface area contributed by atoms with E-state index in [-0.39, 0.29) is 11.6 Å². The molecule has 0 unspecified atom stereocenters. The summed E-state index contributed by atoms with van der Waals surface area (Å²) in [6, 6.07) is 7.65. The summed E-state index contributed by atoms with van der Waals surface area (Å²) in [6.45, 7) is 2.87. The van der Waals surface area contributed by atoms with Crippen LogP contribution in [0.3, 0.4) is 0 Å². The summed E-state index contributed by atoms with van der Waals surface area (Å²) < 4.78 is 65.6. The molecule has 0 aliphatic rings. The topological polar surface area (TPSA) is 86.8 Å². The molecule has 0 fully saturated rings. The van der Waals surface area contributed by atoms with Gasteiger partial charge in [-0.2, -0.15) is 13.2 Å². The maximum atomic E-state index is 13.5. The number of sulfonamides is 1. The first kappa shape index (κ1) is 30.7. The second kappa shape index (κ2) is 12.8. The zero-order valence-corrected chi connectivity index (χ0v) is 22.8. The molecule has 0 radical (unpaired) electrons. The summed E-state index contributed by atoms with van der Waals surface area (Å²) in [4.78, 5) is 27.4. The maximum Gasteiger partial charge on any atom is 0.416 e. The third-order valence-electron chi connectivity index (χ3n) is 5.48. The molecular weight excluding hydrogens is 554 g/mol. The van der Waals surface area contributed by atoms with E-state index in [9.17, 15) is 31.2 Å². The lowest BCUT2D eigenvalue weighted by Gasteiger charge is -2.32. The van der Waals surface area contributed by atoms with Crippen molar-refractivity contribution in [3.05, 3.63) is 63.6 Å². The molecule has 0 aliphatic carbocycles. The fourth-order valence-electron chi connectivity index (χ4n) is 3.38. The molecule has 0 spiro atoms. The Kier molecular flexibility index (Phi) is 10.7. The number of amides is 2. The second-order valence-corrected chi connectivity index (χ2v) is 11.2. The standard InChI is InChI=1S/C24H28Cl2F3N3O4S/c1-4-5-12-30-23(34)16(2)31(14-17-6-9-19(25)10-7-17)22(33)15-32(37(3,35)36)21-13-18(24(27,28)29)8-11-20(21)26/h6-11,13,16H,4-5,12,14-15H2,1-3H3,(H,30,34)/t16-/m0/s1. The van der Waals surface area contributed by atoms with Crippen LogP contribution in [0.25, 0.3) is 0 Å². The Bertz CT molecular complexity index is 1210. The predicted octanol–water partition coefficient (Wildman–Crippen LogP) is 5.11. The molecule has 0 aromatic heterocycles. The summed E-state index contributed by atoms with van der Waals surface area (Å²) in [7, 11) is -4.26. The molecule has 37 heavy (non-hydrogen) atoms. The summed E-state index contributed by atoms with van der Waals surface area (Å²) in [5, 5.41) is 2.89. The smallest absolute Gasteiger partial charge is 0.354 e. The number of hydrogen-bond acceptors (Lipinski definition) is 4. The van der Waals surface area contributed by atoms with E-state index in [1.165, 1.54) is 6.92 Å². The highest BCUT2D eigenvalue weighted by Crippen LogP contribution is 2.36. The van der Waals surface area contributed by atoms with Crippen LogP contribution in [0.15, 0.2) is 42.5 Å². The Morgan fingerprint density at radius 3 is 2.24 bits per heavy atom. The van der Waals surface area contributed by atoms with Crippen LogP contribution in [-0.4, -0.2) is 50.5 Å². The third kappa shape index (κ3) is 8.79. The van der Waals surface area contributed by atoms with Crippen molar-refractivity contribution in [2.75, 3.05) is 23.7 Å². The van der Waals surface area contributed by atoms with Crippen molar-refractivity contribution in [3.8, 4) is 0 Å². The van der Waals surface area contributed by atoms with E-state index in [0.717, 1.165) is 30.1 Å². The Morgan fingerprint density at radius 2 is 1.70 bits per heavy atom. The van der Waals surface area contributed by atoms with Crippen molar-refractivity contribution >= 4 is 50.7 Å². The van der Waals surface area contributed by atoms with E-state index in [2.05, 4.69) is 5.32 Å². The molecule has 1 atom stereocenters. The van der Waals surface area contributed by atoms with E-state index >= 15 is 0 Å². The lowest BCUT2D eigenvalue weighted by molar-refractivity contribution is -0.139. The first-order chi connectivity index (χ1) is 17.1. The van der Waals surface area contributed by atoms with Crippen LogP contribution in [0.5, 0.6) is 0 Å². The molecule has 1 N–H and O–H groups in total. The summed E-state index contributed by atoms with van der Waals surface area (Å²) >= 11 is 12.0. The van der Waals surface area contributed by atoms with Gasteiger partial charge in [0.05, 0.1) is 22.5 Å². The van der Waals surface area contributed by atoms with Gasteiger partial charge < -0.3 is 10.2 Å². The van der Waals surface area contributed by atoms with Gasteiger partial charge in [-0.1, -0.05) is 48.7 Å². The van der Waals surface area contributed by atoms with Crippen molar-refractivity contribution in [1.82, 2.24) is 10.2 Å². The number of benzene rings is 2. The number of unbranched alkanes of at least 4 members (excludes halogenated alkanes) is 1. The van der Waals surface area contributed by atoms with Crippen LogP contribution in [0.4, 0.5) is 18.9 Å². The summed E-state index contributed by atoms with van der Waals surface area (Å²) in [6.07, 6.45) is -2.46. The van der Waals surface area contributed by atoms with Gasteiger partial charge in [0.15, 0.2) is 0 Å². The zero-order valence-electron chi connectivity index (χ0n) is 20.5. The molecule has 0 saturated carbocycles. The first-order valence-corrected chi connectivity index (χ1v) is 13.9. The van der Waals surface area contributed by atoms with Crippen molar-refractivity contribution < 1.29 is 31.2 Å². The van der Waals surface area contributed by atoms with E-state index in [1.54, 1.807) is 24.3 Å². The first-order valence-electron chi connectivity index (χ1n) is 11.3. The lowest BCUT2D eigenvalue weighted by atomic mass is 10.1. The third-order valence-corrected chi connectivity index (χ3v) is 7.18. The SMILES string of the molecule is CCCCNC(=O)[C@H](C)N(Cc1ccc(Cl)cc1)C(=O)CN(c1cc(C(F)(F)F)ccc1Cl)S(C)(=O)=O. The molecule has 13 heteroatoms. The number of rotatable bonds is 11. The van der Waals surface area contributed by atoms with Gasteiger partial charge in [-0.3, -0.25) is 13.9 Å². The second-order valence-electron chi connectivity index (χ2n) is 8.40. The van der Waals surface area contributed by atoms with Crippen LogP contribution in [-0.2, 0) is 32.3 Å². The highest BCUT2D eigenvalue weighted by atomic mass is 35.5. The van der Waals surface area contributed by atoms with Crippen molar-refractivity contribution in [2.24, 2.45) is 0 Å². The van der Waals surface area contributed by atoms with Crippen LogP contribution in [0.1, 0.15) is 37.8 Å². The number of carbonyl (C=O) groups is 2. The molecule has 2 rings (SSSR count). The van der Waals surface area contributed by atoms with Gasteiger partial charge >= 0.3 is 6.18 Å². The minimum atomic E-state index is -4.77. The van der Waals surface area contributed by atoms with Crippen LogP contribution in [0, 0.1) is 0 Å². The molecule has 0 bridgehead atoms. The maximum absolute atomic E-state index is 13.5. The normalized spacial score (nSPS) is 12.6. The number of nitrogens with one attached hydrogen (secondary N) is 1. The van der Waals surface area contributed by atoms with Crippen molar-refractivity contribution in [3.63, 3.8) is 0 Å². The van der Waals surface area contributed by atoms with Gasteiger partial charge in [0.25, 0.3) is 0 Å². The fraction of sp³-hybridized carbons (Fsp3) is 0.417. The number of carbonyl (C=O) groups excluding carboxylic acids is 2. The van der Waals surface area contributed by atoms with Crippen LogP contribution in [0.2, 0.25) is 10.0 Å². The van der Waals surface area contributed by atoms with Gasteiger partial charge in [-0.25, -0.2) is 8.42 Å². The Labute approximate surface area is 224 Å². The van der Waals surface area contributed by atoms with Crippen molar-refractivity contribution in [1.29, 1.82) is 0 Å². The molecule has 0 saturated heterocycles. The Morgan fingerprint density at radius 1 is 1.08 bits per heavy atom. The zero-order chi connectivity index (χ0) is 28.0. The Hall–Kier alpha value is -2.50. The van der Waals surface area contributed by atoms with Crippen LogP contribution >= 0.6 is 23.2 Å². The molecule has 204 valence electrons. The largest absolute Gasteiger partial charge is 0.416 e. The van der Waals surface area contributed by atoms with Crippen molar-refractivity contribution in [2.45, 2.75) is 45.5 Å². The Balaban J connectivity index is 2.45. The highest BCUT2D eigenvalue weighted by molar-refractivity contribution is 7.92.